The molecule has 1 N–H and O–H groups in total. The average Bonchev–Trinajstić information content (AvgIpc) is 2.70. The zero-order chi connectivity index (χ0) is 19.1. The fourth-order valence-corrected chi connectivity index (χ4v) is 3.01. The van der Waals surface area contributed by atoms with Crippen molar-refractivity contribution in [3.63, 3.8) is 0 Å². The fourth-order valence-electron chi connectivity index (χ4n) is 3.01. The highest BCUT2D eigenvalue weighted by atomic mass is 16.5. The highest BCUT2D eigenvalue weighted by molar-refractivity contribution is 5.43. The van der Waals surface area contributed by atoms with Gasteiger partial charge in [-0.15, -0.1) is 0 Å². The van der Waals surface area contributed by atoms with Gasteiger partial charge in [0.15, 0.2) is 11.5 Å². The van der Waals surface area contributed by atoms with Crippen molar-refractivity contribution in [2.75, 3.05) is 14.2 Å². The van der Waals surface area contributed by atoms with E-state index in [2.05, 4.69) is 16.0 Å². The van der Waals surface area contributed by atoms with Crippen molar-refractivity contribution < 1.29 is 14.6 Å². The summed E-state index contributed by atoms with van der Waals surface area (Å²) in [6.45, 7) is 2.30. The number of nitrogens with zero attached hydrogens (tertiary/aromatic N) is 2. The summed E-state index contributed by atoms with van der Waals surface area (Å²) in [5.74, 6) is 1.73. The van der Waals surface area contributed by atoms with Crippen LogP contribution in [-0.2, 0) is 19.6 Å². The van der Waals surface area contributed by atoms with E-state index < -0.39 is 0 Å². The molecular formula is C22H24N2O3. The first-order valence-electron chi connectivity index (χ1n) is 8.78. The fraction of sp³-hybridized carbons (Fsp3) is 0.227. The van der Waals surface area contributed by atoms with E-state index in [-0.39, 0.29) is 5.75 Å². The van der Waals surface area contributed by atoms with E-state index in [4.69, 9.17) is 9.47 Å². The van der Waals surface area contributed by atoms with Crippen molar-refractivity contribution in [2.24, 2.45) is 0 Å². The molecule has 2 aromatic carbocycles. The van der Waals surface area contributed by atoms with Gasteiger partial charge in [0.05, 0.1) is 14.2 Å². The first-order chi connectivity index (χ1) is 13.2. The molecule has 0 bridgehead atoms. The van der Waals surface area contributed by atoms with E-state index in [1.165, 1.54) is 5.56 Å². The second-order valence-corrected chi connectivity index (χ2v) is 6.36. The second kappa shape index (κ2) is 9.05. The van der Waals surface area contributed by atoms with Gasteiger partial charge in [-0.25, -0.2) is 0 Å². The van der Waals surface area contributed by atoms with Gasteiger partial charge in [0.1, 0.15) is 5.75 Å². The molecule has 3 aromatic rings. The van der Waals surface area contributed by atoms with Crippen LogP contribution in [0.1, 0.15) is 16.7 Å². The smallest absolute Gasteiger partial charge is 0.161 e. The molecule has 0 saturated heterocycles. The highest BCUT2D eigenvalue weighted by Gasteiger charge is 2.11. The maximum absolute atomic E-state index is 9.52. The van der Waals surface area contributed by atoms with E-state index in [0.29, 0.717) is 0 Å². The van der Waals surface area contributed by atoms with Crippen LogP contribution in [0.2, 0.25) is 0 Å². The molecule has 0 aliphatic rings. The Bertz CT molecular complexity index is 851. The third-order valence-electron chi connectivity index (χ3n) is 4.35. The SMILES string of the molecule is COc1ccc(CN(Cc2ccncc2)Cc2ccc(O)cc2)cc1OC. The molecule has 0 unspecified atom stereocenters. The molecule has 3 rings (SSSR count). The van der Waals surface area contributed by atoms with E-state index in [1.807, 2.05) is 48.8 Å². The van der Waals surface area contributed by atoms with Gasteiger partial charge in [0.25, 0.3) is 0 Å². The van der Waals surface area contributed by atoms with Crippen molar-refractivity contribution in [1.29, 1.82) is 0 Å². The molecule has 0 atom stereocenters. The monoisotopic (exact) mass is 364 g/mol. The Balaban J connectivity index is 1.81. The van der Waals surface area contributed by atoms with E-state index >= 15 is 0 Å². The number of hydrogen-bond donors (Lipinski definition) is 1. The number of aromatic nitrogens is 1. The first-order valence-corrected chi connectivity index (χ1v) is 8.78. The summed E-state index contributed by atoms with van der Waals surface area (Å²) >= 11 is 0. The zero-order valence-corrected chi connectivity index (χ0v) is 15.6. The van der Waals surface area contributed by atoms with Crippen LogP contribution in [0.25, 0.3) is 0 Å². The van der Waals surface area contributed by atoms with E-state index in [9.17, 15) is 5.11 Å². The molecule has 5 nitrogen and oxygen atoms in total. The minimum absolute atomic E-state index is 0.277. The molecule has 0 spiro atoms. The summed E-state index contributed by atoms with van der Waals surface area (Å²) in [6.07, 6.45) is 3.62. The Labute approximate surface area is 159 Å². The van der Waals surface area contributed by atoms with Crippen molar-refractivity contribution in [1.82, 2.24) is 9.88 Å². The van der Waals surface area contributed by atoms with Gasteiger partial charge in [-0.05, 0) is 53.1 Å². The minimum Gasteiger partial charge on any atom is -0.508 e. The van der Waals surface area contributed by atoms with Crippen LogP contribution >= 0.6 is 0 Å². The van der Waals surface area contributed by atoms with E-state index in [0.717, 1.165) is 42.3 Å². The molecule has 0 saturated carbocycles. The first kappa shape index (κ1) is 18.7. The van der Waals surface area contributed by atoms with Gasteiger partial charge < -0.3 is 14.6 Å². The summed E-state index contributed by atoms with van der Waals surface area (Å²) in [7, 11) is 3.28. The zero-order valence-electron chi connectivity index (χ0n) is 15.6. The Morgan fingerprint density at radius 2 is 1.30 bits per heavy atom. The van der Waals surface area contributed by atoms with Crippen LogP contribution in [0.15, 0.2) is 67.0 Å². The Morgan fingerprint density at radius 3 is 1.93 bits per heavy atom. The largest absolute Gasteiger partial charge is 0.508 e. The van der Waals surface area contributed by atoms with Gasteiger partial charge >= 0.3 is 0 Å². The van der Waals surface area contributed by atoms with Gasteiger partial charge in [-0.3, -0.25) is 9.88 Å². The molecule has 0 radical (unpaired) electrons. The summed E-state index contributed by atoms with van der Waals surface area (Å²) < 4.78 is 10.8. The van der Waals surface area contributed by atoms with Gasteiger partial charge in [0.2, 0.25) is 0 Å². The lowest BCUT2D eigenvalue weighted by Gasteiger charge is -2.23. The van der Waals surface area contributed by atoms with Crippen molar-refractivity contribution in [2.45, 2.75) is 19.6 Å². The average molecular weight is 364 g/mol. The van der Waals surface area contributed by atoms with Gasteiger partial charge in [0, 0.05) is 32.0 Å². The molecule has 1 heterocycles. The third-order valence-corrected chi connectivity index (χ3v) is 4.35. The molecule has 0 fully saturated rings. The van der Waals surface area contributed by atoms with Gasteiger partial charge in [-0.1, -0.05) is 18.2 Å². The third kappa shape index (κ3) is 5.21. The number of phenolic OH excluding ortho intramolecular Hbond substituents is 1. The normalized spacial score (nSPS) is 10.8. The van der Waals surface area contributed by atoms with Crippen molar-refractivity contribution in [3.8, 4) is 17.2 Å². The van der Waals surface area contributed by atoms with Crippen LogP contribution < -0.4 is 9.47 Å². The Kier molecular flexibility index (Phi) is 6.28. The predicted molar refractivity (Wildman–Crippen MR) is 105 cm³/mol. The highest BCUT2D eigenvalue weighted by Crippen LogP contribution is 2.28. The van der Waals surface area contributed by atoms with Crippen LogP contribution in [-0.4, -0.2) is 29.2 Å². The summed E-state index contributed by atoms with van der Waals surface area (Å²) in [6, 6.07) is 17.4. The van der Waals surface area contributed by atoms with Crippen molar-refractivity contribution in [3.05, 3.63) is 83.7 Å². The quantitative estimate of drug-likeness (QED) is 0.655. The van der Waals surface area contributed by atoms with Crippen LogP contribution in [0.5, 0.6) is 17.2 Å². The number of benzene rings is 2. The molecule has 27 heavy (non-hydrogen) atoms. The summed E-state index contributed by atoms with van der Waals surface area (Å²) in [5.41, 5.74) is 3.48. The standard InChI is InChI=1S/C22H24N2O3/c1-26-21-8-5-19(13-22(21)27-2)16-24(15-18-9-11-23-12-10-18)14-17-3-6-20(25)7-4-17/h3-13,25H,14-16H2,1-2H3. The molecular weight excluding hydrogens is 340 g/mol. The molecule has 5 heteroatoms. The summed E-state index contributed by atoms with van der Waals surface area (Å²) in [5, 5.41) is 9.52. The number of phenols is 1. The molecule has 1 aromatic heterocycles. The lowest BCUT2D eigenvalue weighted by Crippen LogP contribution is -2.22. The number of ether oxygens (including phenoxy) is 2. The maximum Gasteiger partial charge on any atom is 0.161 e. The predicted octanol–water partition coefficient (Wildman–Crippen LogP) is 4.01. The lowest BCUT2D eigenvalue weighted by molar-refractivity contribution is 0.247. The number of rotatable bonds is 8. The molecule has 0 amide bonds. The van der Waals surface area contributed by atoms with Crippen LogP contribution in [0.4, 0.5) is 0 Å². The summed E-state index contributed by atoms with van der Waals surface area (Å²) in [4.78, 5) is 6.43. The molecule has 0 aliphatic carbocycles. The second-order valence-electron chi connectivity index (χ2n) is 6.36. The number of aromatic hydroxyl groups is 1. The Morgan fingerprint density at radius 1 is 0.741 bits per heavy atom. The van der Waals surface area contributed by atoms with Crippen molar-refractivity contribution >= 4 is 0 Å². The van der Waals surface area contributed by atoms with Crippen LogP contribution in [0, 0.1) is 0 Å². The van der Waals surface area contributed by atoms with Crippen LogP contribution in [0.3, 0.4) is 0 Å². The molecule has 0 aliphatic heterocycles. The Hall–Kier alpha value is -3.05. The number of hydrogen-bond acceptors (Lipinski definition) is 5. The number of pyridine rings is 1. The minimum atomic E-state index is 0.277. The number of methoxy groups -OCH3 is 2. The lowest BCUT2D eigenvalue weighted by atomic mass is 10.1. The van der Waals surface area contributed by atoms with E-state index in [1.54, 1.807) is 26.4 Å². The topological polar surface area (TPSA) is 54.8 Å². The maximum atomic E-state index is 9.52. The van der Waals surface area contributed by atoms with Gasteiger partial charge in [-0.2, -0.15) is 0 Å². The molecule has 140 valence electrons.